The van der Waals surface area contributed by atoms with Gasteiger partial charge < -0.3 is 10.1 Å². The molecule has 2 aromatic carbocycles. The van der Waals surface area contributed by atoms with Crippen molar-refractivity contribution in [1.29, 1.82) is 0 Å². The molecule has 7 nitrogen and oxygen atoms in total. The van der Waals surface area contributed by atoms with E-state index in [-0.39, 0.29) is 10.6 Å². The summed E-state index contributed by atoms with van der Waals surface area (Å²) in [6.07, 6.45) is -1.35. The lowest BCUT2D eigenvalue weighted by Crippen LogP contribution is -2.30. The van der Waals surface area contributed by atoms with Crippen LogP contribution in [-0.2, 0) is 19.6 Å². The number of carbonyl (C=O) groups is 2. The number of halogens is 2. The highest BCUT2D eigenvalue weighted by Crippen LogP contribution is 2.18. The maximum absolute atomic E-state index is 13.9. The Bertz CT molecular complexity index is 1020. The smallest absolute Gasteiger partial charge is 0.341 e. The summed E-state index contributed by atoms with van der Waals surface area (Å²) in [5, 5.41) is 2.37. The Morgan fingerprint density at radius 2 is 1.75 bits per heavy atom. The lowest BCUT2D eigenvalue weighted by molar-refractivity contribution is -0.123. The predicted octanol–water partition coefficient (Wildman–Crippen LogP) is 2.37. The third-order valence-corrected chi connectivity index (χ3v) is 5.24. The minimum Gasteiger partial charge on any atom is -0.449 e. The number of anilines is 1. The number of rotatable bonds is 6. The largest absolute Gasteiger partial charge is 0.449 e. The van der Waals surface area contributed by atoms with Crippen LogP contribution in [0.2, 0.25) is 0 Å². The van der Waals surface area contributed by atoms with Gasteiger partial charge in [0.1, 0.15) is 11.6 Å². The summed E-state index contributed by atoms with van der Waals surface area (Å²) >= 11 is 0. The van der Waals surface area contributed by atoms with Crippen LogP contribution in [0.3, 0.4) is 0 Å². The minimum absolute atomic E-state index is 0.157. The van der Waals surface area contributed by atoms with E-state index in [4.69, 9.17) is 4.74 Å². The highest BCUT2D eigenvalue weighted by molar-refractivity contribution is 7.89. The molecule has 2 aromatic rings. The van der Waals surface area contributed by atoms with Gasteiger partial charge in [-0.3, -0.25) is 4.79 Å². The lowest BCUT2D eigenvalue weighted by Gasteiger charge is -2.14. The van der Waals surface area contributed by atoms with Crippen molar-refractivity contribution in [3.8, 4) is 0 Å². The van der Waals surface area contributed by atoms with Crippen LogP contribution in [0.4, 0.5) is 14.5 Å². The molecule has 150 valence electrons. The zero-order chi connectivity index (χ0) is 21.1. The third kappa shape index (κ3) is 4.90. The molecule has 0 spiro atoms. The number of esters is 1. The molecule has 0 heterocycles. The molecule has 10 heteroatoms. The van der Waals surface area contributed by atoms with Gasteiger partial charge in [0.05, 0.1) is 10.5 Å². The monoisotopic (exact) mass is 412 g/mol. The Hall–Kier alpha value is -2.85. The van der Waals surface area contributed by atoms with Crippen LogP contribution < -0.4 is 10.0 Å². The standard InChI is InChI=1S/C18H18F2N2O5S/c1-10-4-5-12(8-16(10)20)22-17(23)11(2)27-18(24)14-9-13(6-7-15(14)19)28(25,26)21-3/h4-9,11,21H,1-3H3,(H,22,23). The average molecular weight is 412 g/mol. The Morgan fingerprint density at radius 1 is 1.07 bits per heavy atom. The molecular weight excluding hydrogens is 394 g/mol. The summed E-state index contributed by atoms with van der Waals surface area (Å²) < 4.78 is 58.0. The van der Waals surface area contributed by atoms with Gasteiger partial charge in [-0.2, -0.15) is 0 Å². The van der Waals surface area contributed by atoms with Gasteiger partial charge in [-0.15, -0.1) is 0 Å². The molecule has 1 amide bonds. The molecule has 2 rings (SSSR count). The SMILES string of the molecule is CNS(=O)(=O)c1ccc(F)c(C(=O)OC(C)C(=O)Nc2ccc(C)c(F)c2)c1. The third-order valence-electron chi connectivity index (χ3n) is 3.83. The van der Waals surface area contributed by atoms with Crippen LogP contribution in [0.15, 0.2) is 41.3 Å². The van der Waals surface area contributed by atoms with Crippen LogP contribution in [0, 0.1) is 18.6 Å². The molecule has 1 unspecified atom stereocenters. The van der Waals surface area contributed by atoms with Gasteiger partial charge in [0, 0.05) is 5.69 Å². The van der Waals surface area contributed by atoms with Crippen LogP contribution in [0.5, 0.6) is 0 Å². The van der Waals surface area contributed by atoms with Crippen molar-refractivity contribution in [2.45, 2.75) is 24.8 Å². The Kier molecular flexibility index (Phi) is 6.47. The first kappa shape index (κ1) is 21.5. The number of nitrogens with one attached hydrogen (secondary N) is 2. The Morgan fingerprint density at radius 3 is 2.36 bits per heavy atom. The summed E-state index contributed by atoms with van der Waals surface area (Å²) in [5.74, 6) is -3.51. The highest BCUT2D eigenvalue weighted by atomic mass is 32.2. The number of benzene rings is 2. The summed E-state index contributed by atoms with van der Waals surface area (Å²) in [5.41, 5.74) is -0.0917. The number of ether oxygens (including phenoxy) is 1. The number of amides is 1. The van der Waals surface area contributed by atoms with Crippen molar-refractivity contribution in [1.82, 2.24) is 4.72 Å². The highest BCUT2D eigenvalue weighted by Gasteiger charge is 2.23. The van der Waals surface area contributed by atoms with Gasteiger partial charge >= 0.3 is 5.97 Å². The van der Waals surface area contributed by atoms with Crippen LogP contribution in [-0.4, -0.2) is 33.4 Å². The Balaban J connectivity index is 2.14. The molecule has 1 atom stereocenters. The maximum atomic E-state index is 13.9. The molecule has 0 aliphatic carbocycles. The second-order valence-electron chi connectivity index (χ2n) is 5.85. The molecular formula is C18H18F2N2O5S. The summed E-state index contributed by atoms with van der Waals surface area (Å²) in [7, 11) is -2.74. The van der Waals surface area contributed by atoms with Crippen molar-refractivity contribution in [2.75, 3.05) is 12.4 Å². The molecule has 0 aliphatic rings. The van der Waals surface area contributed by atoms with E-state index in [0.717, 1.165) is 31.3 Å². The van der Waals surface area contributed by atoms with Crippen molar-refractivity contribution >= 4 is 27.6 Å². The number of sulfonamides is 1. The summed E-state index contributed by atoms with van der Waals surface area (Å²) in [4.78, 5) is 24.0. The maximum Gasteiger partial charge on any atom is 0.341 e. The van der Waals surface area contributed by atoms with Gasteiger partial charge in [0.25, 0.3) is 5.91 Å². The van der Waals surface area contributed by atoms with E-state index in [2.05, 4.69) is 5.32 Å². The van der Waals surface area contributed by atoms with E-state index in [9.17, 15) is 26.8 Å². The number of aryl methyl sites for hydroxylation is 1. The molecule has 0 radical (unpaired) electrons. The van der Waals surface area contributed by atoms with E-state index in [1.54, 1.807) is 6.92 Å². The first-order chi connectivity index (χ1) is 13.0. The van der Waals surface area contributed by atoms with Crippen LogP contribution >= 0.6 is 0 Å². The lowest BCUT2D eigenvalue weighted by atomic mass is 10.2. The number of hydrogen-bond acceptors (Lipinski definition) is 5. The molecule has 0 saturated heterocycles. The van der Waals surface area contributed by atoms with Gasteiger partial charge in [0.2, 0.25) is 10.0 Å². The fourth-order valence-electron chi connectivity index (χ4n) is 2.14. The minimum atomic E-state index is -3.90. The van der Waals surface area contributed by atoms with Crippen molar-refractivity contribution in [2.24, 2.45) is 0 Å². The molecule has 2 N–H and O–H groups in total. The van der Waals surface area contributed by atoms with E-state index >= 15 is 0 Å². The predicted molar refractivity (Wildman–Crippen MR) is 97.3 cm³/mol. The summed E-state index contributed by atoms with van der Waals surface area (Å²) in [6, 6.07) is 6.64. The van der Waals surface area contributed by atoms with E-state index < -0.39 is 45.2 Å². The fraction of sp³-hybridized carbons (Fsp3) is 0.222. The molecule has 0 bridgehead atoms. The topological polar surface area (TPSA) is 102 Å². The van der Waals surface area contributed by atoms with Gasteiger partial charge in [0.15, 0.2) is 6.10 Å². The zero-order valence-corrected chi connectivity index (χ0v) is 16.1. The number of hydrogen-bond donors (Lipinski definition) is 2. The quantitative estimate of drug-likeness (QED) is 0.710. The number of carbonyl (C=O) groups excluding carboxylic acids is 2. The normalized spacial score (nSPS) is 12.3. The first-order valence-electron chi connectivity index (χ1n) is 8.06. The molecule has 28 heavy (non-hydrogen) atoms. The van der Waals surface area contributed by atoms with Gasteiger partial charge in [-0.05, 0) is 56.8 Å². The molecule has 0 aliphatic heterocycles. The Labute approximate surface area is 160 Å². The van der Waals surface area contributed by atoms with E-state index in [1.165, 1.54) is 19.1 Å². The fourth-order valence-corrected chi connectivity index (χ4v) is 2.89. The van der Waals surface area contributed by atoms with E-state index in [1.807, 2.05) is 4.72 Å². The second-order valence-corrected chi connectivity index (χ2v) is 7.74. The second kappa shape index (κ2) is 8.44. The van der Waals surface area contributed by atoms with Crippen molar-refractivity contribution in [3.05, 3.63) is 59.2 Å². The van der Waals surface area contributed by atoms with Crippen LogP contribution in [0.1, 0.15) is 22.8 Å². The molecule has 0 aromatic heterocycles. The van der Waals surface area contributed by atoms with Crippen LogP contribution in [0.25, 0.3) is 0 Å². The molecule has 0 fully saturated rings. The molecule has 0 saturated carbocycles. The van der Waals surface area contributed by atoms with Gasteiger partial charge in [-0.1, -0.05) is 6.07 Å². The zero-order valence-electron chi connectivity index (χ0n) is 15.2. The average Bonchev–Trinajstić information content (AvgIpc) is 2.64. The van der Waals surface area contributed by atoms with Crippen molar-refractivity contribution in [3.63, 3.8) is 0 Å². The van der Waals surface area contributed by atoms with E-state index in [0.29, 0.717) is 5.56 Å². The summed E-state index contributed by atoms with van der Waals surface area (Å²) in [6.45, 7) is 2.80. The van der Waals surface area contributed by atoms with Gasteiger partial charge in [-0.25, -0.2) is 26.7 Å². The first-order valence-corrected chi connectivity index (χ1v) is 9.54. The van der Waals surface area contributed by atoms with Crippen molar-refractivity contribution < 1.29 is 31.5 Å².